The van der Waals surface area contributed by atoms with Crippen molar-refractivity contribution in [2.75, 3.05) is 5.73 Å². The quantitative estimate of drug-likeness (QED) is 0.702. The molecule has 1 fully saturated rings. The molecular formula is C18H19N3O3. The SMILES string of the molecule is Nc1nc2oc3cnc(C4CCCCC4)cc3c(=O)c2cc1CO. The Morgan fingerprint density at radius 1 is 1.21 bits per heavy atom. The van der Waals surface area contributed by atoms with Gasteiger partial charge in [-0.1, -0.05) is 19.3 Å². The first-order valence-corrected chi connectivity index (χ1v) is 8.30. The van der Waals surface area contributed by atoms with Crippen LogP contribution in [-0.4, -0.2) is 15.1 Å². The Bertz CT molecular complexity index is 975. The van der Waals surface area contributed by atoms with E-state index in [0.29, 0.717) is 27.8 Å². The first kappa shape index (κ1) is 15.1. The number of nitrogens with two attached hydrogens (primary N) is 1. The van der Waals surface area contributed by atoms with Crippen LogP contribution in [0.15, 0.2) is 27.5 Å². The fraction of sp³-hybridized carbons (Fsp3) is 0.389. The average molecular weight is 325 g/mol. The van der Waals surface area contributed by atoms with E-state index in [2.05, 4.69) is 9.97 Å². The van der Waals surface area contributed by atoms with E-state index in [-0.39, 0.29) is 23.6 Å². The zero-order chi connectivity index (χ0) is 16.7. The van der Waals surface area contributed by atoms with Crippen molar-refractivity contribution >= 4 is 27.9 Å². The van der Waals surface area contributed by atoms with Gasteiger partial charge in [0.2, 0.25) is 11.1 Å². The molecule has 6 heteroatoms. The topological polar surface area (TPSA) is 102 Å². The van der Waals surface area contributed by atoms with E-state index in [1.54, 1.807) is 12.3 Å². The maximum absolute atomic E-state index is 12.9. The number of fused-ring (bicyclic) bond motifs is 2. The fourth-order valence-electron chi connectivity index (χ4n) is 3.51. The van der Waals surface area contributed by atoms with Crippen molar-refractivity contribution in [2.45, 2.75) is 44.6 Å². The molecule has 3 aromatic rings. The molecule has 0 aliphatic heterocycles. The van der Waals surface area contributed by atoms with Gasteiger partial charge in [0, 0.05) is 17.2 Å². The van der Waals surface area contributed by atoms with Crippen LogP contribution < -0.4 is 11.2 Å². The van der Waals surface area contributed by atoms with Crippen LogP contribution in [0.3, 0.4) is 0 Å². The number of hydrogen-bond acceptors (Lipinski definition) is 6. The number of pyridine rings is 2. The second kappa shape index (κ2) is 5.87. The van der Waals surface area contributed by atoms with Crippen LogP contribution in [0, 0.1) is 0 Å². The van der Waals surface area contributed by atoms with Crippen molar-refractivity contribution in [1.82, 2.24) is 9.97 Å². The Balaban J connectivity index is 1.92. The van der Waals surface area contributed by atoms with E-state index < -0.39 is 0 Å². The standard InChI is InChI=1S/C18H19N3O3/c19-17-11(9-22)6-13-16(23)12-7-14(10-4-2-1-3-5-10)20-8-15(12)24-18(13)21-17/h6-8,10,22H,1-5,9H2,(H2,19,21). The summed E-state index contributed by atoms with van der Waals surface area (Å²) in [5.74, 6) is 0.579. The van der Waals surface area contributed by atoms with E-state index in [1.807, 2.05) is 6.07 Å². The zero-order valence-electron chi connectivity index (χ0n) is 13.3. The van der Waals surface area contributed by atoms with Gasteiger partial charge in [-0.2, -0.15) is 4.98 Å². The molecule has 0 spiro atoms. The summed E-state index contributed by atoms with van der Waals surface area (Å²) in [7, 11) is 0. The average Bonchev–Trinajstić information content (AvgIpc) is 2.62. The molecule has 3 aromatic heterocycles. The van der Waals surface area contributed by atoms with E-state index in [4.69, 9.17) is 10.2 Å². The molecule has 6 nitrogen and oxygen atoms in total. The monoisotopic (exact) mass is 325 g/mol. The molecule has 3 heterocycles. The highest BCUT2D eigenvalue weighted by Crippen LogP contribution is 2.32. The summed E-state index contributed by atoms with van der Waals surface area (Å²) in [5, 5.41) is 10.2. The third-order valence-electron chi connectivity index (χ3n) is 4.88. The van der Waals surface area contributed by atoms with Crippen LogP contribution in [0.2, 0.25) is 0 Å². The zero-order valence-corrected chi connectivity index (χ0v) is 13.3. The molecule has 24 heavy (non-hydrogen) atoms. The molecule has 3 N–H and O–H groups in total. The minimum Gasteiger partial charge on any atom is -0.436 e. The molecule has 0 atom stereocenters. The third kappa shape index (κ3) is 2.43. The summed E-state index contributed by atoms with van der Waals surface area (Å²) in [4.78, 5) is 21.4. The predicted molar refractivity (Wildman–Crippen MR) is 91.7 cm³/mol. The Labute approximate surface area is 138 Å². The van der Waals surface area contributed by atoms with Crippen LogP contribution in [-0.2, 0) is 6.61 Å². The highest BCUT2D eigenvalue weighted by Gasteiger charge is 2.19. The summed E-state index contributed by atoms with van der Waals surface area (Å²) in [5.41, 5.74) is 7.58. The third-order valence-corrected chi connectivity index (χ3v) is 4.88. The van der Waals surface area contributed by atoms with Gasteiger partial charge < -0.3 is 15.3 Å². The van der Waals surface area contributed by atoms with Crippen LogP contribution >= 0.6 is 0 Å². The number of anilines is 1. The molecule has 1 aliphatic rings. The molecule has 0 amide bonds. The molecule has 0 bridgehead atoms. The van der Waals surface area contributed by atoms with Gasteiger partial charge >= 0.3 is 0 Å². The van der Waals surface area contributed by atoms with E-state index >= 15 is 0 Å². The smallest absolute Gasteiger partial charge is 0.232 e. The molecule has 4 rings (SSSR count). The molecule has 0 unspecified atom stereocenters. The lowest BCUT2D eigenvalue weighted by molar-refractivity contribution is 0.282. The molecule has 0 radical (unpaired) electrons. The first-order chi connectivity index (χ1) is 11.7. The van der Waals surface area contributed by atoms with Crippen molar-refractivity contribution in [3.05, 3.63) is 39.8 Å². The number of aliphatic hydroxyl groups is 1. The molecule has 124 valence electrons. The number of rotatable bonds is 2. The number of nitrogen functional groups attached to an aromatic ring is 1. The molecule has 1 aliphatic carbocycles. The van der Waals surface area contributed by atoms with Gasteiger partial charge in [0.05, 0.1) is 23.6 Å². The largest absolute Gasteiger partial charge is 0.436 e. The normalized spacial score (nSPS) is 16.0. The van der Waals surface area contributed by atoms with Gasteiger partial charge in [-0.25, -0.2) is 0 Å². The second-order valence-electron chi connectivity index (χ2n) is 6.42. The van der Waals surface area contributed by atoms with Crippen LogP contribution in [0.1, 0.15) is 49.3 Å². The van der Waals surface area contributed by atoms with Gasteiger partial charge in [0.25, 0.3) is 0 Å². The summed E-state index contributed by atoms with van der Waals surface area (Å²) >= 11 is 0. The predicted octanol–water partition coefficient (Wildman–Crippen LogP) is 2.86. The summed E-state index contributed by atoms with van der Waals surface area (Å²) in [6.45, 7) is -0.268. The van der Waals surface area contributed by atoms with Crippen molar-refractivity contribution in [3.8, 4) is 0 Å². The van der Waals surface area contributed by atoms with Crippen LogP contribution in [0.25, 0.3) is 22.1 Å². The van der Waals surface area contributed by atoms with Crippen molar-refractivity contribution < 1.29 is 9.52 Å². The van der Waals surface area contributed by atoms with Crippen molar-refractivity contribution in [3.63, 3.8) is 0 Å². The van der Waals surface area contributed by atoms with Gasteiger partial charge in [-0.3, -0.25) is 9.78 Å². The van der Waals surface area contributed by atoms with Crippen molar-refractivity contribution in [1.29, 1.82) is 0 Å². The Hall–Kier alpha value is -2.47. The van der Waals surface area contributed by atoms with E-state index in [1.165, 1.54) is 19.3 Å². The lowest BCUT2D eigenvalue weighted by Crippen LogP contribution is -2.10. The number of nitrogens with zero attached hydrogens (tertiary/aromatic N) is 2. The summed E-state index contributed by atoms with van der Waals surface area (Å²) in [6, 6.07) is 3.41. The molecule has 1 saturated carbocycles. The fourth-order valence-corrected chi connectivity index (χ4v) is 3.51. The van der Waals surface area contributed by atoms with Crippen LogP contribution in [0.5, 0.6) is 0 Å². The van der Waals surface area contributed by atoms with Gasteiger partial charge in [-0.05, 0) is 25.0 Å². The maximum Gasteiger partial charge on any atom is 0.232 e. The minimum atomic E-state index is -0.268. The lowest BCUT2D eigenvalue weighted by Gasteiger charge is -2.21. The molecule has 0 saturated heterocycles. The van der Waals surface area contributed by atoms with Gasteiger partial charge in [-0.15, -0.1) is 0 Å². The second-order valence-corrected chi connectivity index (χ2v) is 6.42. The lowest BCUT2D eigenvalue weighted by atomic mass is 9.86. The van der Waals surface area contributed by atoms with Crippen molar-refractivity contribution in [2.24, 2.45) is 0 Å². The summed E-state index contributed by atoms with van der Waals surface area (Å²) in [6.07, 6.45) is 7.53. The highest BCUT2D eigenvalue weighted by molar-refractivity contribution is 5.88. The Morgan fingerprint density at radius 2 is 2.00 bits per heavy atom. The first-order valence-electron chi connectivity index (χ1n) is 8.30. The van der Waals surface area contributed by atoms with E-state index in [0.717, 1.165) is 18.5 Å². The highest BCUT2D eigenvalue weighted by atomic mass is 16.3. The van der Waals surface area contributed by atoms with E-state index in [9.17, 15) is 9.90 Å². The maximum atomic E-state index is 12.9. The van der Waals surface area contributed by atoms with Crippen LogP contribution in [0.4, 0.5) is 5.82 Å². The number of aromatic nitrogens is 2. The minimum absolute atomic E-state index is 0.159. The molecule has 0 aromatic carbocycles. The number of hydrogen-bond donors (Lipinski definition) is 2. The molecular weight excluding hydrogens is 306 g/mol. The van der Waals surface area contributed by atoms with Gasteiger partial charge in [0.1, 0.15) is 5.82 Å². The Morgan fingerprint density at radius 3 is 2.75 bits per heavy atom. The number of aliphatic hydroxyl groups excluding tert-OH is 1. The Kier molecular flexibility index (Phi) is 3.69. The summed E-state index contributed by atoms with van der Waals surface area (Å²) < 4.78 is 5.71. The van der Waals surface area contributed by atoms with Gasteiger partial charge in [0.15, 0.2) is 5.58 Å².